The van der Waals surface area contributed by atoms with Gasteiger partial charge in [0.1, 0.15) is 5.82 Å². The summed E-state index contributed by atoms with van der Waals surface area (Å²) in [6.07, 6.45) is 1.52. The molecule has 2 heteroatoms. The largest absolute Gasteiger partial charge is 0.264 e. The van der Waals surface area contributed by atoms with E-state index in [0.717, 1.165) is 17.7 Å². The molecule has 0 aliphatic rings. The van der Waals surface area contributed by atoms with E-state index in [9.17, 15) is 4.39 Å². The van der Waals surface area contributed by atoms with Gasteiger partial charge >= 0.3 is 0 Å². The van der Waals surface area contributed by atoms with Crippen LogP contribution in [0.15, 0.2) is 17.1 Å². The number of rotatable bonds is 3. The zero-order valence-electron chi connectivity index (χ0n) is 8.10. The molecule has 13 heavy (non-hydrogen) atoms. The fourth-order valence-electron chi connectivity index (χ4n) is 1.48. The zero-order chi connectivity index (χ0) is 9.84. The molecule has 0 aliphatic carbocycles. The number of halogens is 1. The van der Waals surface area contributed by atoms with Crippen molar-refractivity contribution >= 4 is 12.4 Å². The van der Waals surface area contributed by atoms with Gasteiger partial charge in [-0.25, -0.2) is 4.39 Å². The van der Waals surface area contributed by atoms with Crippen LogP contribution in [0.25, 0.3) is 0 Å². The van der Waals surface area contributed by atoms with E-state index < -0.39 is 0 Å². The van der Waals surface area contributed by atoms with Gasteiger partial charge in [-0.15, -0.1) is 0 Å². The third-order valence-corrected chi connectivity index (χ3v) is 2.20. The van der Waals surface area contributed by atoms with Gasteiger partial charge in [0.05, 0.1) is 5.69 Å². The number of aryl methyl sites for hydroxylation is 1. The summed E-state index contributed by atoms with van der Waals surface area (Å²) in [7, 11) is 0. The normalized spacial score (nSPS) is 10.1. The molecule has 0 radical (unpaired) electrons. The van der Waals surface area contributed by atoms with Crippen molar-refractivity contribution in [1.29, 1.82) is 0 Å². The lowest BCUT2D eigenvalue weighted by Gasteiger charge is -2.08. The maximum Gasteiger partial charge on any atom is 0.128 e. The van der Waals surface area contributed by atoms with Crippen molar-refractivity contribution in [2.45, 2.75) is 26.7 Å². The molecule has 0 saturated heterocycles. The minimum absolute atomic E-state index is 0.179. The van der Waals surface area contributed by atoms with Crippen molar-refractivity contribution in [2.75, 3.05) is 0 Å². The van der Waals surface area contributed by atoms with Crippen LogP contribution in [0.5, 0.6) is 0 Å². The Morgan fingerprint density at radius 2 is 2.00 bits per heavy atom. The lowest BCUT2D eigenvalue weighted by molar-refractivity contribution is 0.612. The van der Waals surface area contributed by atoms with Crippen LogP contribution in [0.3, 0.4) is 0 Å². The predicted octanol–water partition coefficient (Wildman–Crippen LogP) is 3.28. The van der Waals surface area contributed by atoms with Crippen LogP contribution in [0.4, 0.5) is 10.1 Å². The van der Waals surface area contributed by atoms with Gasteiger partial charge in [0.25, 0.3) is 0 Å². The number of hydrogen-bond donors (Lipinski definition) is 0. The van der Waals surface area contributed by atoms with Gasteiger partial charge in [-0.05, 0) is 31.2 Å². The van der Waals surface area contributed by atoms with E-state index in [2.05, 4.69) is 11.7 Å². The molecule has 0 saturated carbocycles. The number of nitrogens with zero attached hydrogens (tertiary/aromatic N) is 1. The van der Waals surface area contributed by atoms with Gasteiger partial charge in [-0.2, -0.15) is 0 Å². The highest BCUT2D eigenvalue weighted by Crippen LogP contribution is 2.27. The second-order valence-electron chi connectivity index (χ2n) is 2.90. The lowest BCUT2D eigenvalue weighted by Crippen LogP contribution is -1.92. The second-order valence-corrected chi connectivity index (χ2v) is 2.90. The Morgan fingerprint density at radius 3 is 2.46 bits per heavy atom. The molecular weight excluding hydrogens is 165 g/mol. The summed E-state index contributed by atoms with van der Waals surface area (Å²) in [6.45, 7) is 7.42. The molecule has 0 unspecified atom stereocenters. The van der Waals surface area contributed by atoms with Crippen molar-refractivity contribution in [3.8, 4) is 0 Å². The summed E-state index contributed by atoms with van der Waals surface area (Å²) in [5.41, 5.74) is 2.47. The summed E-state index contributed by atoms with van der Waals surface area (Å²) in [6, 6.07) is 3.28. The molecule has 0 bridgehead atoms. The summed E-state index contributed by atoms with van der Waals surface area (Å²) in [5.74, 6) is -0.179. The molecular formula is C11H14FN. The van der Waals surface area contributed by atoms with E-state index in [1.165, 1.54) is 6.07 Å². The molecule has 0 heterocycles. The van der Waals surface area contributed by atoms with Crippen molar-refractivity contribution in [2.24, 2.45) is 4.99 Å². The second kappa shape index (κ2) is 4.17. The molecule has 0 amide bonds. The number of benzene rings is 1. The van der Waals surface area contributed by atoms with Crippen molar-refractivity contribution in [3.05, 3.63) is 29.1 Å². The van der Waals surface area contributed by atoms with E-state index in [1.54, 1.807) is 6.07 Å². The Balaban J connectivity index is 3.36. The fraction of sp³-hybridized carbons (Fsp3) is 0.364. The Hall–Kier alpha value is -1.18. The maximum absolute atomic E-state index is 13.3. The monoisotopic (exact) mass is 179 g/mol. The van der Waals surface area contributed by atoms with Crippen molar-refractivity contribution < 1.29 is 4.39 Å². The number of aliphatic imine (C=N–C) groups is 1. The first-order chi connectivity index (χ1) is 6.24. The molecule has 0 aromatic heterocycles. The first-order valence-electron chi connectivity index (χ1n) is 4.51. The van der Waals surface area contributed by atoms with Gasteiger partial charge in [0.15, 0.2) is 0 Å². The Kier molecular flexibility index (Phi) is 3.18. The Morgan fingerprint density at radius 1 is 1.31 bits per heavy atom. The topological polar surface area (TPSA) is 12.4 Å². The standard InChI is InChI=1S/C11H14FN/c1-4-8-6-7-10(12)9(5-2)11(8)13-3/h6-7H,3-5H2,1-2H3. The average molecular weight is 179 g/mol. The van der Waals surface area contributed by atoms with Crippen LogP contribution in [0.2, 0.25) is 0 Å². The SMILES string of the molecule is C=Nc1c(CC)ccc(F)c1CC. The summed E-state index contributed by atoms with van der Waals surface area (Å²) >= 11 is 0. The van der Waals surface area contributed by atoms with E-state index in [0.29, 0.717) is 12.0 Å². The molecule has 0 spiro atoms. The first-order valence-corrected chi connectivity index (χ1v) is 4.51. The maximum atomic E-state index is 13.3. The highest BCUT2D eigenvalue weighted by Gasteiger charge is 2.08. The van der Waals surface area contributed by atoms with Crippen LogP contribution in [0.1, 0.15) is 25.0 Å². The molecule has 1 rings (SSSR count). The smallest absolute Gasteiger partial charge is 0.128 e. The van der Waals surface area contributed by atoms with Crippen molar-refractivity contribution in [1.82, 2.24) is 0 Å². The molecule has 70 valence electrons. The highest BCUT2D eigenvalue weighted by molar-refractivity contribution is 5.57. The Labute approximate surface area is 78.3 Å². The lowest BCUT2D eigenvalue weighted by atomic mass is 10.0. The minimum atomic E-state index is -0.179. The summed E-state index contributed by atoms with van der Waals surface area (Å²) < 4.78 is 13.3. The molecule has 1 nitrogen and oxygen atoms in total. The third-order valence-electron chi connectivity index (χ3n) is 2.20. The van der Waals surface area contributed by atoms with E-state index >= 15 is 0 Å². The van der Waals surface area contributed by atoms with Gasteiger partial charge in [-0.3, -0.25) is 4.99 Å². The van der Waals surface area contributed by atoms with E-state index in [1.807, 2.05) is 13.8 Å². The van der Waals surface area contributed by atoms with Gasteiger partial charge in [0, 0.05) is 5.56 Å². The van der Waals surface area contributed by atoms with Gasteiger partial charge < -0.3 is 0 Å². The highest BCUT2D eigenvalue weighted by atomic mass is 19.1. The summed E-state index contributed by atoms with van der Waals surface area (Å²) in [4.78, 5) is 3.88. The van der Waals surface area contributed by atoms with E-state index in [4.69, 9.17) is 0 Å². The molecule has 1 aromatic carbocycles. The molecule has 0 fully saturated rings. The van der Waals surface area contributed by atoms with Crippen LogP contribution >= 0.6 is 0 Å². The van der Waals surface area contributed by atoms with E-state index in [-0.39, 0.29) is 5.82 Å². The fourth-order valence-corrected chi connectivity index (χ4v) is 1.48. The van der Waals surface area contributed by atoms with Gasteiger partial charge in [0.2, 0.25) is 0 Å². The summed E-state index contributed by atoms with van der Waals surface area (Å²) in [5, 5.41) is 0. The Bertz CT molecular complexity index is 318. The van der Waals surface area contributed by atoms with Crippen LogP contribution in [-0.4, -0.2) is 6.72 Å². The van der Waals surface area contributed by atoms with Crippen molar-refractivity contribution in [3.63, 3.8) is 0 Å². The van der Waals surface area contributed by atoms with Gasteiger partial charge in [-0.1, -0.05) is 19.9 Å². The number of hydrogen-bond acceptors (Lipinski definition) is 1. The predicted molar refractivity (Wildman–Crippen MR) is 54.4 cm³/mol. The average Bonchev–Trinajstić information content (AvgIpc) is 2.17. The van der Waals surface area contributed by atoms with Crippen LogP contribution in [-0.2, 0) is 12.8 Å². The zero-order valence-corrected chi connectivity index (χ0v) is 8.10. The van der Waals surface area contributed by atoms with Crippen LogP contribution < -0.4 is 0 Å². The minimum Gasteiger partial charge on any atom is -0.264 e. The molecule has 0 N–H and O–H groups in total. The molecule has 0 aliphatic heterocycles. The molecule has 0 atom stereocenters. The first kappa shape index (κ1) is 9.90. The third kappa shape index (κ3) is 1.77. The molecule has 1 aromatic rings. The van der Waals surface area contributed by atoms with Crippen LogP contribution in [0, 0.1) is 5.82 Å². The quantitative estimate of drug-likeness (QED) is 0.631.